The number of unbranched alkanes of at least 4 members (excludes halogenated alkanes) is 1. The Morgan fingerprint density at radius 1 is 1.29 bits per heavy atom. The summed E-state index contributed by atoms with van der Waals surface area (Å²) < 4.78 is 2.25. The van der Waals surface area contributed by atoms with E-state index in [2.05, 4.69) is 16.5 Å². The highest BCUT2D eigenvalue weighted by Crippen LogP contribution is 2.21. The van der Waals surface area contributed by atoms with Crippen molar-refractivity contribution in [1.82, 2.24) is 9.55 Å². The first kappa shape index (κ1) is 12.7. The second-order valence-electron chi connectivity index (χ2n) is 4.05. The van der Waals surface area contributed by atoms with Crippen molar-refractivity contribution in [2.75, 3.05) is 5.88 Å². The van der Waals surface area contributed by atoms with Gasteiger partial charge in [-0.3, -0.25) is 0 Å². The third-order valence-corrected chi connectivity index (χ3v) is 3.39. The van der Waals surface area contributed by atoms with Crippen molar-refractivity contribution in [3.8, 4) is 0 Å². The molecule has 0 radical (unpaired) electrons. The molecule has 4 heteroatoms. The molecule has 0 saturated carbocycles. The second kappa shape index (κ2) is 5.74. The van der Waals surface area contributed by atoms with Gasteiger partial charge in [0, 0.05) is 23.9 Å². The van der Waals surface area contributed by atoms with E-state index in [1.807, 2.05) is 18.2 Å². The van der Waals surface area contributed by atoms with Crippen molar-refractivity contribution in [3.05, 3.63) is 29.0 Å². The zero-order valence-electron chi connectivity index (χ0n) is 9.92. The van der Waals surface area contributed by atoms with Crippen LogP contribution in [-0.2, 0) is 13.0 Å². The average molecular weight is 271 g/mol. The summed E-state index contributed by atoms with van der Waals surface area (Å²) in [6, 6.07) is 5.88. The summed E-state index contributed by atoms with van der Waals surface area (Å²) >= 11 is 11.7. The quantitative estimate of drug-likeness (QED) is 0.586. The number of alkyl halides is 1. The lowest BCUT2D eigenvalue weighted by atomic mass is 10.2. The molecule has 0 atom stereocenters. The Kier molecular flexibility index (Phi) is 4.30. The van der Waals surface area contributed by atoms with Gasteiger partial charge in [-0.05, 0) is 38.0 Å². The Labute approximate surface area is 112 Å². The maximum atomic E-state index is 5.98. The lowest BCUT2D eigenvalue weighted by Crippen LogP contribution is -2.01. The van der Waals surface area contributed by atoms with Gasteiger partial charge in [0.2, 0.25) is 0 Å². The van der Waals surface area contributed by atoms with Crippen LogP contribution in [0.1, 0.15) is 25.6 Å². The van der Waals surface area contributed by atoms with E-state index in [-0.39, 0.29) is 0 Å². The second-order valence-corrected chi connectivity index (χ2v) is 4.87. The van der Waals surface area contributed by atoms with Crippen molar-refractivity contribution in [3.63, 3.8) is 0 Å². The minimum atomic E-state index is 0.720. The van der Waals surface area contributed by atoms with Gasteiger partial charge in [-0.1, -0.05) is 11.6 Å². The van der Waals surface area contributed by atoms with Crippen molar-refractivity contribution in [2.45, 2.75) is 32.7 Å². The minimum Gasteiger partial charge on any atom is -0.328 e. The highest BCUT2D eigenvalue weighted by molar-refractivity contribution is 6.31. The zero-order chi connectivity index (χ0) is 12.3. The maximum Gasteiger partial charge on any atom is 0.109 e. The van der Waals surface area contributed by atoms with Crippen LogP contribution in [0.2, 0.25) is 5.02 Å². The molecule has 1 aromatic heterocycles. The monoisotopic (exact) mass is 270 g/mol. The summed E-state index contributed by atoms with van der Waals surface area (Å²) in [5.74, 6) is 1.85. The van der Waals surface area contributed by atoms with E-state index < -0.39 is 0 Å². The summed E-state index contributed by atoms with van der Waals surface area (Å²) in [4.78, 5) is 4.65. The number of fused-ring (bicyclic) bond motifs is 1. The van der Waals surface area contributed by atoms with E-state index in [1.54, 1.807) is 0 Å². The van der Waals surface area contributed by atoms with Crippen LogP contribution in [0.25, 0.3) is 11.0 Å². The van der Waals surface area contributed by atoms with Crippen LogP contribution in [0.3, 0.4) is 0 Å². The van der Waals surface area contributed by atoms with E-state index in [0.717, 1.165) is 53.6 Å². The summed E-state index contributed by atoms with van der Waals surface area (Å²) in [5.41, 5.74) is 2.15. The normalized spacial score (nSPS) is 11.2. The number of nitrogens with zero attached hydrogens (tertiary/aromatic N) is 2. The Balaban J connectivity index is 2.34. The Bertz CT molecular complexity index is 505. The van der Waals surface area contributed by atoms with Crippen LogP contribution in [0.4, 0.5) is 0 Å². The van der Waals surface area contributed by atoms with Gasteiger partial charge in [-0.25, -0.2) is 4.98 Å². The summed E-state index contributed by atoms with van der Waals surface area (Å²) in [6.45, 7) is 3.08. The molecule has 0 saturated heterocycles. The Morgan fingerprint density at radius 2 is 2.12 bits per heavy atom. The fourth-order valence-electron chi connectivity index (χ4n) is 2.07. The lowest BCUT2D eigenvalue weighted by Gasteiger charge is -2.05. The number of hydrogen-bond acceptors (Lipinski definition) is 1. The largest absolute Gasteiger partial charge is 0.328 e. The van der Waals surface area contributed by atoms with Crippen molar-refractivity contribution < 1.29 is 0 Å². The van der Waals surface area contributed by atoms with E-state index in [1.165, 1.54) is 0 Å². The third kappa shape index (κ3) is 2.75. The smallest absolute Gasteiger partial charge is 0.109 e. The minimum absolute atomic E-state index is 0.720. The van der Waals surface area contributed by atoms with E-state index in [4.69, 9.17) is 23.2 Å². The lowest BCUT2D eigenvalue weighted by molar-refractivity contribution is 0.677. The molecule has 0 unspecified atom stereocenters. The van der Waals surface area contributed by atoms with Gasteiger partial charge in [-0.15, -0.1) is 11.6 Å². The highest BCUT2D eigenvalue weighted by Gasteiger charge is 2.09. The fraction of sp³-hybridized carbons (Fsp3) is 0.462. The molecule has 1 aromatic carbocycles. The molecule has 0 fully saturated rings. The summed E-state index contributed by atoms with van der Waals surface area (Å²) in [7, 11) is 0. The average Bonchev–Trinajstić information content (AvgIpc) is 2.66. The molecule has 2 nitrogen and oxygen atoms in total. The first-order valence-corrected chi connectivity index (χ1v) is 6.88. The van der Waals surface area contributed by atoms with Crippen molar-refractivity contribution >= 4 is 34.2 Å². The molecule has 92 valence electrons. The van der Waals surface area contributed by atoms with Gasteiger partial charge in [-0.2, -0.15) is 0 Å². The predicted octanol–water partition coefficient (Wildman–Crippen LogP) is 4.27. The number of aromatic nitrogens is 2. The maximum absolute atomic E-state index is 5.98. The van der Waals surface area contributed by atoms with Crippen LogP contribution in [0, 0.1) is 0 Å². The molecule has 17 heavy (non-hydrogen) atoms. The first-order chi connectivity index (χ1) is 8.26. The number of hydrogen-bond donors (Lipinski definition) is 0. The van der Waals surface area contributed by atoms with Gasteiger partial charge in [0.25, 0.3) is 0 Å². The van der Waals surface area contributed by atoms with Gasteiger partial charge >= 0.3 is 0 Å². The topological polar surface area (TPSA) is 17.8 Å². The van der Waals surface area contributed by atoms with Crippen LogP contribution >= 0.6 is 23.2 Å². The van der Waals surface area contributed by atoms with Crippen molar-refractivity contribution in [1.29, 1.82) is 0 Å². The molecular formula is C13H16Cl2N2. The molecule has 0 aliphatic heterocycles. The first-order valence-electron chi connectivity index (χ1n) is 5.97. The Morgan fingerprint density at radius 3 is 2.82 bits per heavy atom. The van der Waals surface area contributed by atoms with Crippen LogP contribution in [-0.4, -0.2) is 15.4 Å². The SMILES string of the molecule is CCn1c(CCCCCl)nc2cc(Cl)ccc21. The van der Waals surface area contributed by atoms with Gasteiger partial charge in [0.1, 0.15) is 5.82 Å². The molecule has 0 bridgehead atoms. The van der Waals surface area contributed by atoms with Gasteiger partial charge < -0.3 is 4.57 Å². The predicted molar refractivity (Wildman–Crippen MR) is 74.1 cm³/mol. The number of halogens is 2. The molecule has 0 aliphatic rings. The van der Waals surface area contributed by atoms with Crippen LogP contribution < -0.4 is 0 Å². The summed E-state index contributed by atoms with van der Waals surface area (Å²) in [5, 5.41) is 0.741. The molecule has 2 aromatic rings. The third-order valence-electron chi connectivity index (χ3n) is 2.89. The van der Waals surface area contributed by atoms with Gasteiger partial charge in [0.05, 0.1) is 11.0 Å². The number of benzene rings is 1. The molecule has 0 spiro atoms. The molecular weight excluding hydrogens is 255 g/mol. The highest BCUT2D eigenvalue weighted by atomic mass is 35.5. The summed E-state index contributed by atoms with van der Waals surface area (Å²) in [6.07, 6.45) is 3.10. The molecule has 0 amide bonds. The van der Waals surface area contributed by atoms with E-state index in [0.29, 0.717) is 0 Å². The standard InChI is InChI=1S/C13H16Cl2N2/c1-2-17-12-7-6-10(15)9-11(12)16-13(17)5-3-4-8-14/h6-7,9H,2-5,8H2,1H3. The molecule has 0 aliphatic carbocycles. The number of imidazole rings is 1. The van der Waals surface area contributed by atoms with Crippen LogP contribution in [0.5, 0.6) is 0 Å². The fourth-order valence-corrected chi connectivity index (χ4v) is 2.43. The number of aryl methyl sites for hydroxylation is 2. The molecule has 1 heterocycles. The van der Waals surface area contributed by atoms with Gasteiger partial charge in [0.15, 0.2) is 0 Å². The molecule has 2 rings (SSSR count). The van der Waals surface area contributed by atoms with E-state index >= 15 is 0 Å². The zero-order valence-corrected chi connectivity index (χ0v) is 11.4. The molecule has 0 N–H and O–H groups in total. The Hall–Kier alpha value is -0.730. The van der Waals surface area contributed by atoms with Crippen LogP contribution in [0.15, 0.2) is 18.2 Å². The van der Waals surface area contributed by atoms with E-state index in [9.17, 15) is 0 Å². The number of rotatable bonds is 5. The van der Waals surface area contributed by atoms with Crippen molar-refractivity contribution in [2.24, 2.45) is 0 Å².